The highest BCUT2D eigenvalue weighted by atomic mass is 16.3. The van der Waals surface area contributed by atoms with E-state index >= 15 is 0 Å². The van der Waals surface area contributed by atoms with Crippen LogP contribution >= 0.6 is 0 Å². The van der Waals surface area contributed by atoms with Gasteiger partial charge >= 0.3 is 0 Å². The van der Waals surface area contributed by atoms with E-state index in [1.54, 1.807) is 0 Å². The number of aliphatic imine (C=N–C) groups is 1. The number of hydrogen-bond donors (Lipinski definition) is 3. The maximum absolute atomic E-state index is 9.03. The predicted octanol–water partition coefficient (Wildman–Crippen LogP) is 0.0700. The summed E-state index contributed by atoms with van der Waals surface area (Å²) in [5.74, 6) is 1.04. The third-order valence-electron chi connectivity index (χ3n) is 2.17. The molecule has 0 unspecified atom stereocenters. The van der Waals surface area contributed by atoms with Gasteiger partial charge in [-0.05, 0) is 32.6 Å². The van der Waals surface area contributed by atoms with E-state index in [1.807, 2.05) is 13.8 Å². The van der Waals surface area contributed by atoms with Crippen LogP contribution in [-0.4, -0.2) is 29.8 Å². The number of guanidine groups is 1. The molecule has 0 spiro atoms. The number of nitrogens with zero attached hydrogens (tertiary/aromatic N) is 1. The largest absolute Gasteiger partial charge is 0.393 e. The summed E-state index contributed by atoms with van der Waals surface area (Å²) in [6.45, 7) is 4.79. The molecule has 0 aromatic heterocycles. The molecule has 0 atom stereocenters. The molecule has 4 N–H and O–H groups in total. The number of aliphatic hydroxyl groups excluding tert-OH is 1. The first-order chi connectivity index (χ1) is 6.08. The number of nitrogens with one attached hydrogen (secondary N) is 1. The highest BCUT2D eigenvalue weighted by Gasteiger charge is 2.26. The smallest absolute Gasteiger partial charge is 0.188 e. The summed E-state index contributed by atoms with van der Waals surface area (Å²) >= 11 is 0. The van der Waals surface area contributed by atoms with Crippen LogP contribution in [-0.2, 0) is 0 Å². The Kier molecular flexibility index (Phi) is 3.54. The molecule has 0 aromatic carbocycles. The van der Waals surface area contributed by atoms with Crippen molar-refractivity contribution in [3.8, 4) is 0 Å². The van der Waals surface area contributed by atoms with Gasteiger partial charge in [0.25, 0.3) is 0 Å². The Hall–Kier alpha value is -0.770. The molecule has 0 amide bonds. The predicted molar refractivity (Wildman–Crippen MR) is 53.5 cm³/mol. The monoisotopic (exact) mass is 185 g/mol. The number of aliphatic hydroxyl groups is 1. The minimum atomic E-state index is -0.0977. The molecule has 13 heavy (non-hydrogen) atoms. The molecule has 4 heteroatoms. The summed E-state index contributed by atoms with van der Waals surface area (Å²) < 4.78 is 0. The number of hydrogen-bond acceptors (Lipinski definition) is 2. The fourth-order valence-electron chi connectivity index (χ4n) is 1.42. The van der Waals surface area contributed by atoms with Crippen molar-refractivity contribution in [2.75, 3.05) is 6.54 Å². The first-order valence-corrected chi connectivity index (χ1v) is 4.82. The van der Waals surface area contributed by atoms with E-state index < -0.39 is 0 Å². The Labute approximate surface area is 79.2 Å². The summed E-state index contributed by atoms with van der Waals surface area (Å²) in [5, 5.41) is 12.1. The quantitative estimate of drug-likeness (QED) is 0.430. The molecule has 4 nitrogen and oxygen atoms in total. The van der Waals surface area contributed by atoms with Crippen molar-refractivity contribution >= 4 is 5.96 Å². The van der Waals surface area contributed by atoms with Gasteiger partial charge < -0.3 is 16.2 Å². The molecular formula is C9H19N3O. The Morgan fingerprint density at radius 1 is 1.62 bits per heavy atom. The molecule has 0 bridgehead atoms. The van der Waals surface area contributed by atoms with Crippen LogP contribution in [0.4, 0.5) is 0 Å². The molecule has 1 rings (SSSR count). The van der Waals surface area contributed by atoms with Gasteiger partial charge in [-0.1, -0.05) is 0 Å². The van der Waals surface area contributed by atoms with Crippen LogP contribution in [0, 0.1) is 5.92 Å². The summed E-state index contributed by atoms with van der Waals surface area (Å²) in [4.78, 5) is 4.19. The maximum atomic E-state index is 9.03. The van der Waals surface area contributed by atoms with Crippen molar-refractivity contribution in [2.45, 2.75) is 38.8 Å². The van der Waals surface area contributed by atoms with Gasteiger partial charge in [0.05, 0.1) is 6.10 Å². The van der Waals surface area contributed by atoms with E-state index in [0.717, 1.165) is 19.4 Å². The third kappa shape index (κ3) is 3.63. The molecule has 1 fully saturated rings. The fourth-order valence-corrected chi connectivity index (χ4v) is 1.42. The summed E-state index contributed by atoms with van der Waals surface area (Å²) in [7, 11) is 0. The van der Waals surface area contributed by atoms with E-state index in [2.05, 4.69) is 10.3 Å². The molecule has 1 aliphatic rings. The van der Waals surface area contributed by atoms with Crippen LogP contribution in [0.15, 0.2) is 4.99 Å². The van der Waals surface area contributed by atoms with Crippen LogP contribution in [0.1, 0.15) is 26.7 Å². The molecular weight excluding hydrogens is 166 g/mol. The van der Waals surface area contributed by atoms with Crippen molar-refractivity contribution < 1.29 is 5.11 Å². The molecule has 0 aromatic rings. The molecule has 0 saturated heterocycles. The standard InChI is InChI=1S/C9H19N3O/c1-6(2)12-9(10)11-5-7-3-8(13)4-7/h6-8,13H,3-5H2,1-2H3,(H3,10,11,12). The lowest BCUT2D eigenvalue weighted by Gasteiger charge is -2.29. The second-order valence-corrected chi connectivity index (χ2v) is 4.02. The van der Waals surface area contributed by atoms with Gasteiger partial charge in [0.15, 0.2) is 5.96 Å². The van der Waals surface area contributed by atoms with Crippen molar-refractivity contribution in [1.29, 1.82) is 0 Å². The number of rotatable bonds is 3. The van der Waals surface area contributed by atoms with Crippen molar-refractivity contribution in [2.24, 2.45) is 16.6 Å². The average molecular weight is 185 g/mol. The lowest BCUT2D eigenvalue weighted by atomic mass is 9.83. The Morgan fingerprint density at radius 2 is 2.23 bits per heavy atom. The SMILES string of the molecule is CC(C)NC(N)=NCC1CC(O)C1. The van der Waals surface area contributed by atoms with Gasteiger partial charge in [-0.3, -0.25) is 4.99 Å². The van der Waals surface area contributed by atoms with Gasteiger partial charge in [-0.15, -0.1) is 0 Å². The maximum Gasteiger partial charge on any atom is 0.188 e. The number of nitrogens with two attached hydrogens (primary N) is 1. The lowest BCUT2D eigenvalue weighted by Crippen LogP contribution is -2.38. The second kappa shape index (κ2) is 4.46. The van der Waals surface area contributed by atoms with E-state index in [0.29, 0.717) is 17.9 Å². The van der Waals surface area contributed by atoms with Crippen LogP contribution in [0.3, 0.4) is 0 Å². The van der Waals surface area contributed by atoms with E-state index in [9.17, 15) is 0 Å². The van der Waals surface area contributed by atoms with Crippen LogP contribution in [0.5, 0.6) is 0 Å². The molecule has 1 aliphatic carbocycles. The van der Waals surface area contributed by atoms with Gasteiger partial charge in [0.2, 0.25) is 0 Å². The Morgan fingerprint density at radius 3 is 2.69 bits per heavy atom. The highest BCUT2D eigenvalue weighted by Crippen LogP contribution is 2.26. The fraction of sp³-hybridized carbons (Fsp3) is 0.889. The molecule has 76 valence electrons. The highest BCUT2D eigenvalue weighted by molar-refractivity contribution is 5.78. The van der Waals surface area contributed by atoms with E-state index in [1.165, 1.54) is 0 Å². The summed E-state index contributed by atoms with van der Waals surface area (Å²) in [6.07, 6.45) is 1.65. The van der Waals surface area contributed by atoms with Crippen LogP contribution in [0.25, 0.3) is 0 Å². The van der Waals surface area contributed by atoms with Crippen LogP contribution < -0.4 is 11.1 Å². The van der Waals surface area contributed by atoms with Crippen molar-refractivity contribution in [1.82, 2.24) is 5.32 Å². The first-order valence-electron chi connectivity index (χ1n) is 4.82. The Bertz CT molecular complexity index is 185. The molecule has 0 heterocycles. The summed E-state index contributed by atoms with van der Waals surface area (Å²) in [5.41, 5.74) is 5.61. The van der Waals surface area contributed by atoms with Crippen molar-refractivity contribution in [3.05, 3.63) is 0 Å². The van der Waals surface area contributed by atoms with E-state index in [4.69, 9.17) is 10.8 Å². The van der Waals surface area contributed by atoms with Gasteiger partial charge in [0, 0.05) is 12.6 Å². The Balaban J connectivity index is 2.15. The average Bonchev–Trinajstić information content (AvgIpc) is 1.94. The summed E-state index contributed by atoms with van der Waals surface area (Å²) in [6, 6.07) is 0.329. The van der Waals surface area contributed by atoms with Gasteiger partial charge in [-0.2, -0.15) is 0 Å². The van der Waals surface area contributed by atoms with Gasteiger partial charge in [0.1, 0.15) is 0 Å². The molecule has 0 aliphatic heterocycles. The van der Waals surface area contributed by atoms with Crippen molar-refractivity contribution in [3.63, 3.8) is 0 Å². The zero-order valence-electron chi connectivity index (χ0n) is 8.33. The molecule has 0 radical (unpaired) electrons. The zero-order valence-corrected chi connectivity index (χ0v) is 8.33. The van der Waals surface area contributed by atoms with E-state index in [-0.39, 0.29) is 6.10 Å². The zero-order chi connectivity index (χ0) is 9.84. The van der Waals surface area contributed by atoms with Gasteiger partial charge in [-0.25, -0.2) is 0 Å². The third-order valence-corrected chi connectivity index (χ3v) is 2.17. The topological polar surface area (TPSA) is 70.6 Å². The lowest BCUT2D eigenvalue weighted by molar-refractivity contribution is 0.0471. The second-order valence-electron chi connectivity index (χ2n) is 4.02. The first kappa shape index (κ1) is 10.3. The molecule has 1 saturated carbocycles. The minimum absolute atomic E-state index is 0.0977. The minimum Gasteiger partial charge on any atom is -0.393 e. The van der Waals surface area contributed by atoms with Crippen LogP contribution in [0.2, 0.25) is 0 Å². The normalized spacial score (nSPS) is 28.8.